The number of aromatic nitrogens is 5. The molecule has 1 N–H and O–H groups in total. The summed E-state index contributed by atoms with van der Waals surface area (Å²) in [6, 6.07) is 13.9. The number of carbonyl (C=O) groups is 1. The van der Waals surface area contributed by atoms with Crippen LogP contribution in [0.1, 0.15) is 47.9 Å². The van der Waals surface area contributed by atoms with E-state index in [2.05, 4.69) is 44.2 Å². The number of nitrogens with zero attached hydrogens (tertiary/aromatic N) is 5. The van der Waals surface area contributed by atoms with Gasteiger partial charge < -0.3 is 14.3 Å². The molecule has 174 valence electrons. The molecule has 0 saturated heterocycles. The van der Waals surface area contributed by atoms with E-state index in [9.17, 15) is 4.79 Å². The number of imidazole rings is 2. The zero-order valence-electron chi connectivity index (χ0n) is 18.9. The van der Waals surface area contributed by atoms with Crippen molar-refractivity contribution in [1.29, 1.82) is 0 Å². The van der Waals surface area contributed by atoms with Crippen LogP contribution in [0, 0.1) is 5.92 Å². The third-order valence-electron chi connectivity index (χ3n) is 7.07. The molecule has 4 aromatic heterocycles. The normalized spacial score (nSPS) is 19.3. The molecule has 2 unspecified atom stereocenters. The first-order valence-corrected chi connectivity index (χ1v) is 12.3. The molecule has 7 rings (SSSR count). The van der Waals surface area contributed by atoms with Gasteiger partial charge in [0.05, 0.1) is 30.3 Å². The zero-order chi connectivity index (χ0) is 23.5. The average Bonchev–Trinajstić information content (AvgIpc) is 3.78. The summed E-state index contributed by atoms with van der Waals surface area (Å²) < 4.78 is 4.16. The first-order chi connectivity index (χ1) is 17.1. The highest BCUT2D eigenvalue weighted by Gasteiger charge is 2.44. The van der Waals surface area contributed by atoms with Crippen LogP contribution in [0.2, 0.25) is 5.02 Å². The van der Waals surface area contributed by atoms with E-state index in [1.807, 2.05) is 34.9 Å². The molecule has 7 nitrogen and oxygen atoms in total. The molecule has 35 heavy (non-hydrogen) atoms. The lowest BCUT2D eigenvalue weighted by atomic mass is 10.1. The van der Waals surface area contributed by atoms with Crippen molar-refractivity contribution < 1.29 is 4.79 Å². The smallest absolute Gasteiger partial charge is 0.229 e. The van der Waals surface area contributed by atoms with Crippen LogP contribution in [-0.4, -0.2) is 29.8 Å². The highest BCUT2D eigenvalue weighted by molar-refractivity contribution is 6.30. The molecule has 2 aliphatic carbocycles. The number of carbonyl (C=O) groups excluding carboxylic acids is 1. The summed E-state index contributed by atoms with van der Waals surface area (Å²) in [4.78, 5) is 26.5. The average molecular weight is 483 g/mol. The highest BCUT2D eigenvalue weighted by atomic mass is 35.5. The molecular weight excluding hydrogens is 460 g/mol. The van der Waals surface area contributed by atoms with Gasteiger partial charge in [-0.15, -0.1) is 0 Å². The number of amides is 1. The largest absolute Gasteiger partial charge is 0.324 e. The summed E-state index contributed by atoms with van der Waals surface area (Å²) in [7, 11) is 0. The van der Waals surface area contributed by atoms with E-state index in [0.717, 1.165) is 34.4 Å². The van der Waals surface area contributed by atoms with E-state index in [-0.39, 0.29) is 17.7 Å². The molecule has 1 aromatic carbocycles. The number of pyridine rings is 2. The Morgan fingerprint density at radius 2 is 2.00 bits per heavy atom. The van der Waals surface area contributed by atoms with Crippen molar-refractivity contribution in [1.82, 2.24) is 23.9 Å². The molecule has 1 amide bonds. The Morgan fingerprint density at radius 1 is 1.09 bits per heavy atom. The second kappa shape index (κ2) is 7.92. The summed E-state index contributed by atoms with van der Waals surface area (Å²) >= 11 is 6.11. The molecular formula is C27H23ClN6O. The van der Waals surface area contributed by atoms with E-state index in [1.165, 1.54) is 18.4 Å². The maximum absolute atomic E-state index is 12.9. The summed E-state index contributed by atoms with van der Waals surface area (Å²) in [6.07, 6.45) is 11.2. The summed E-state index contributed by atoms with van der Waals surface area (Å²) in [5.74, 6) is 1.37. The van der Waals surface area contributed by atoms with E-state index < -0.39 is 0 Å². The molecule has 0 bridgehead atoms. The van der Waals surface area contributed by atoms with E-state index in [4.69, 9.17) is 16.6 Å². The number of fused-ring (bicyclic) bond motifs is 2. The van der Waals surface area contributed by atoms with Crippen LogP contribution in [0.3, 0.4) is 0 Å². The fourth-order valence-corrected chi connectivity index (χ4v) is 5.13. The van der Waals surface area contributed by atoms with E-state index in [1.54, 1.807) is 12.5 Å². The maximum Gasteiger partial charge on any atom is 0.229 e. The molecule has 2 fully saturated rings. The summed E-state index contributed by atoms with van der Waals surface area (Å²) in [5, 5.41) is 3.69. The van der Waals surface area contributed by atoms with Crippen molar-refractivity contribution in [3.8, 4) is 0 Å². The molecule has 2 saturated carbocycles. The lowest BCUT2D eigenvalue weighted by Gasteiger charge is -2.06. The van der Waals surface area contributed by atoms with Gasteiger partial charge in [-0.2, -0.15) is 0 Å². The van der Waals surface area contributed by atoms with Crippen LogP contribution < -0.4 is 5.32 Å². The highest BCUT2D eigenvalue weighted by Crippen LogP contribution is 2.48. The van der Waals surface area contributed by atoms with Gasteiger partial charge in [-0.05, 0) is 60.4 Å². The van der Waals surface area contributed by atoms with Gasteiger partial charge in [0.1, 0.15) is 17.0 Å². The molecule has 8 heteroatoms. The number of nitrogens with one attached hydrogen (secondary N) is 1. The second-order valence-electron chi connectivity index (χ2n) is 9.66. The van der Waals surface area contributed by atoms with Crippen molar-refractivity contribution in [2.45, 2.75) is 37.6 Å². The Balaban J connectivity index is 1.09. The third kappa shape index (κ3) is 3.96. The van der Waals surface area contributed by atoms with Crippen LogP contribution in [0.25, 0.3) is 16.7 Å². The molecule has 2 atom stereocenters. The van der Waals surface area contributed by atoms with Crippen LogP contribution in [0.5, 0.6) is 0 Å². The quantitative estimate of drug-likeness (QED) is 0.351. The van der Waals surface area contributed by atoms with Gasteiger partial charge in [0.25, 0.3) is 0 Å². The van der Waals surface area contributed by atoms with E-state index >= 15 is 0 Å². The number of rotatable bonds is 6. The van der Waals surface area contributed by atoms with Gasteiger partial charge in [0.15, 0.2) is 0 Å². The van der Waals surface area contributed by atoms with Crippen molar-refractivity contribution in [2.75, 3.05) is 5.32 Å². The zero-order valence-corrected chi connectivity index (χ0v) is 19.7. The lowest BCUT2D eigenvalue weighted by molar-refractivity contribution is -0.117. The minimum atomic E-state index is -0.0608. The Morgan fingerprint density at radius 3 is 2.86 bits per heavy atom. The number of halogens is 1. The van der Waals surface area contributed by atoms with E-state index in [0.29, 0.717) is 23.3 Å². The molecule has 0 aliphatic heterocycles. The molecule has 2 aliphatic rings. The van der Waals surface area contributed by atoms with Gasteiger partial charge in [-0.1, -0.05) is 29.8 Å². The fraction of sp³-hybridized carbons (Fsp3) is 0.259. The van der Waals surface area contributed by atoms with Crippen LogP contribution in [-0.2, 0) is 11.3 Å². The first-order valence-electron chi connectivity index (χ1n) is 12.0. The Labute approximate surface area is 206 Å². The first kappa shape index (κ1) is 20.6. The topological polar surface area (TPSA) is 77.1 Å². The summed E-state index contributed by atoms with van der Waals surface area (Å²) in [6.45, 7) is 0.591. The molecule has 0 spiro atoms. The van der Waals surface area contributed by atoms with Crippen molar-refractivity contribution in [3.63, 3.8) is 0 Å². The van der Waals surface area contributed by atoms with Gasteiger partial charge in [0.2, 0.25) is 5.91 Å². The van der Waals surface area contributed by atoms with Crippen LogP contribution in [0.15, 0.2) is 67.4 Å². The summed E-state index contributed by atoms with van der Waals surface area (Å²) in [5.41, 5.74) is 6.09. The Kier molecular flexibility index (Phi) is 4.67. The SMILES string of the molecule is O=C(Nc1cc2c(cn1)ncn2Cc1cn2cc(C3CC3)ccc2n1)C1CC1c1cccc(Cl)c1. The number of hydrogen-bond donors (Lipinski definition) is 1. The lowest BCUT2D eigenvalue weighted by Crippen LogP contribution is -2.15. The maximum atomic E-state index is 12.9. The monoisotopic (exact) mass is 482 g/mol. The molecule has 0 radical (unpaired) electrons. The van der Waals surface area contributed by atoms with Crippen molar-refractivity contribution in [3.05, 3.63) is 89.2 Å². The van der Waals surface area contributed by atoms with Crippen LogP contribution >= 0.6 is 11.6 Å². The predicted octanol–water partition coefficient (Wildman–Crippen LogP) is 5.40. The number of hydrogen-bond acceptors (Lipinski definition) is 4. The molecule has 5 aromatic rings. The fourth-order valence-electron chi connectivity index (χ4n) is 4.94. The Hall–Kier alpha value is -3.71. The van der Waals surface area contributed by atoms with Crippen molar-refractivity contribution >= 4 is 40.0 Å². The number of anilines is 1. The Bertz CT molecular complexity index is 1600. The minimum Gasteiger partial charge on any atom is -0.324 e. The van der Waals surface area contributed by atoms with Gasteiger partial charge in [0, 0.05) is 29.4 Å². The standard InChI is InChI=1S/C27H23ClN6O/c28-19-3-1-2-17(8-19)21-9-22(21)27(35)32-25-10-24-23(11-29-25)30-15-34(24)14-20-13-33-12-18(16-4-5-16)6-7-26(33)31-20/h1-3,6-8,10-13,15-16,21-22H,4-5,9,14H2,(H,29,32,35). The van der Waals surface area contributed by atoms with Gasteiger partial charge >= 0.3 is 0 Å². The second-order valence-corrected chi connectivity index (χ2v) is 10.1. The predicted molar refractivity (Wildman–Crippen MR) is 135 cm³/mol. The molecule has 4 heterocycles. The van der Waals surface area contributed by atoms with Crippen LogP contribution in [0.4, 0.5) is 5.82 Å². The minimum absolute atomic E-state index is 0.0142. The van der Waals surface area contributed by atoms with Crippen molar-refractivity contribution in [2.24, 2.45) is 5.92 Å². The number of benzene rings is 1. The van der Waals surface area contributed by atoms with Gasteiger partial charge in [-0.3, -0.25) is 4.79 Å². The van der Waals surface area contributed by atoms with Gasteiger partial charge in [-0.25, -0.2) is 15.0 Å². The third-order valence-corrected chi connectivity index (χ3v) is 7.30.